The van der Waals surface area contributed by atoms with Crippen LogP contribution in [0.15, 0.2) is 66.7 Å². The highest BCUT2D eigenvalue weighted by molar-refractivity contribution is 7.09. The van der Waals surface area contributed by atoms with Crippen molar-refractivity contribution in [3.05, 3.63) is 94.1 Å². The highest BCUT2D eigenvalue weighted by Gasteiger charge is 2.37. The second-order valence-electron chi connectivity index (χ2n) is 10.3. The summed E-state index contributed by atoms with van der Waals surface area (Å²) in [7, 11) is 1.58. The molecule has 212 valence electrons. The second-order valence-corrected chi connectivity index (χ2v) is 11.1. The van der Waals surface area contributed by atoms with Crippen LogP contribution in [-0.4, -0.2) is 29.3 Å². The van der Waals surface area contributed by atoms with E-state index in [0.717, 1.165) is 48.3 Å². The normalized spacial score (nSPS) is 14.0. The summed E-state index contributed by atoms with van der Waals surface area (Å²) >= 11 is 0.968. The summed E-state index contributed by atoms with van der Waals surface area (Å²) < 4.78 is 23.4. The van der Waals surface area contributed by atoms with Crippen molar-refractivity contribution in [2.75, 3.05) is 17.7 Å². The average molecular weight is 573 g/mol. The first-order valence-corrected chi connectivity index (χ1v) is 14.4. The molecule has 0 bridgehead atoms. The lowest BCUT2D eigenvalue weighted by Gasteiger charge is -2.33. The van der Waals surface area contributed by atoms with E-state index in [1.165, 1.54) is 17.0 Å². The Kier molecular flexibility index (Phi) is 8.35. The third kappa shape index (κ3) is 5.81. The number of nitrogens with two attached hydrogens (primary N) is 1. The Labute approximate surface area is 243 Å². The van der Waals surface area contributed by atoms with Crippen LogP contribution in [0.5, 0.6) is 5.75 Å². The van der Waals surface area contributed by atoms with Crippen LogP contribution in [0.2, 0.25) is 0 Å². The van der Waals surface area contributed by atoms with Gasteiger partial charge in [0.15, 0.2) is 0 Å². The Balaban J connectivity index is 1.65. The highest BCUT2D eigenvalue weighted by Crippen LogP contribution is 2.38. The zero-order valence-corrected chi connectivity index (χ0v) is 24.1. The number of anilines is 2. The summed E-state index contributed by atoms with van der Waals surface area (Å²) in [5, 5.41) is 3.20. The number of methoxy groups -OCH3 is 1. The molecule has 3 aromatic carbocycles. The summed E-state index contributed by atoms with van der Waals surface area (Å²) in [4.78, 5) is 30.4. The van der Waals surface area contributed by atoms with Crippen molar-refractivity contribution in [2.45, 2.75) is 51.6 Å². The Morgan fingerprint density at radius 2 is 1.73 bits per heavy atom. The molecule has 1 heterocycles. The van der Waals surface area contributed by atoms with Crippen LogP contribution in [0.4, 0.5) is 15.8 Å². The van der Waals surface area contributed by atoms with Gasteiger partial charge in [-0.15, -0.1) is 0 Å². The first kappa shape index (κ1) is 28.3. The van der Waals surface area contributed by atoms with Gasteiger partial charge in [0, 0.05) is 17.3 Å². The van der Waals surface area contributed by atoms with Gasteiger partial charge in [-0.3, -0.25) is 14.5 Å². The lowest BCUT2D eigenvalue weighted by Crippen LogP contribution is -2.46. The van der Waals surface area contributed by atoms with Gasteiger partial charge in [0.1, 0.15) is 28.2 Å². The van der Waals surface area contributed by atoms with Gasteiger partial charge in [-0.25, -0.2) is 4.39 Å². The van der Waals surface area contributed by atoms with Gasteiger partial charge >= 0.3 is 0 Å². The van der Waals surface area contributed by atoms with Crippen LogP contribution in [0, 0.1) is 19.7 Å². The minimum Gasteiger partial charge on any atom is -0.497 e. The molecule has 41 heavy (non-hydrogen) atoms. The van der Waals surface area contributed by atoms with E-state index >= 15 is 0 Å². The number of aromatic nitrogens is 1. The Bertz CT molecular complexity index is 1550. The number of nitrogens with one attached hydrogen (secondary N) is 1. The molecule has 1 aliphatic rings. The third-order valence-electron chi connectivity index (χ3n) is 7.73. The Morgan fingerprint density at radius 1 is 1.05 bits per heavy atom. The number of carbonyl (C=O) groups is 2. The number of nitrogen functional groups attached to an aromatic ring is 1. The van der Waals surface area contributed by atoms with Crippen molar-refractivity contribution in [2.24, 2.45) is 0 Å². The van der Waals surface area contributed by atoms with Gasteiger partial charge in [-0.05, 0) is 97.4 Å². The van der Waals surface area contributed by atoms with Crippen LogP contribution in [0.1, 0.15) is 58.1 Å². The number of ether oxygens (including phenoxy) is 1. The van der Waals surface area contributed by atoms with E-state index in [4.69, 9.17) is 10.5 Å². The number of hydrogen-bond donors (Lipinski definition) is 2. The molecule has 0 radical (unpaired) electrons. The highest BCUT2D eigenvalue weighted by atomic mass is 32.1. The van der Waals surface area contributed by atoms with E-state index in [0.29, 0.717) is 28.3 Å². The van der Waals surface area contributed by atoms with Crippen molar-refractivity contribution in [1.29, 1.82) is 0 Å². The summed E-state index contributed by atoms with van der Waals surface area (Å²) in [6, 6.07) is 17.7. The number of aryl methyl sites for hydroxylation is 1. The maximum absolute atomic E-state index is 14.6. The van der Waals surface area contributed by atoms with Crippen LogP contribution in [-0.2, 0) is 4.79 Å². The fraction of sp³-hybridized carbons (Fsp3) is 0.281. The molecule has 3 N–H and O–H groups in total. The molecule has 1 aliphatic carbocycles. The first-order chi connectivity index (χ1) is 19.8. The number of carbonyl (C=O) groups excluding carboxylic acids is 2. The van der Waals surface area contributed by atoms with Crippen molar-refractivity contribution in [3.8, 4) is 17.0 Å². The third-order valence-corrected chi connectivity index (χ3v) is 8.58. The molecule has 9 heteroatoms. The summed E-state index contributed by atoms with van der Waals surface area (Å²) in [5.74, 6) is -0.442. The van der Waals surface area contributed by atoms with Gasteiger partial charge in [-0.2, -0.15) is 4.37 Å². The summed E-state index contributed by atoms with van der Waals surface area (Å²) in [6.07, 6.45) is 3.92. The molecule has 1 aromatic heterocycles. The minimum atomic E-state index is -0.981. The summed E-state index contributed by atoms with van der Waals surface area (Å²) in [5.41, 5.74) is 10.8. The molecule has 7 nitrogen and oxygen atoms in total. The van der Waals surface area contributed by atoms with E-state index in [-0.39, 0.29) is 28.3 Å². The van der Waals surface area contributed by atoms with Gasteiger partial charge in [0.25, 0.3) is 5.91 Å². The fourth-order valence-electron chi connectivity index (χ4n) is 5.29. The van der Waals surface area contributed by atoms with E-state index in [2.05, 4.69) is 9.69 Å². The molecule has 1 atom stereocenters. The smallest absolute Gasteiger partial charge is 0.273 e. The van der Waals surface area contributed by atoms with Crippen LogP contribution in [0.3, 0.4) is 0 Å². The maximum Gasteiger partial charge on any atom is 0.273 e. The topological polar surface area (TPSA) is 97.5 Å². The molecular weight excluding hydrogens is 539 g/mol. The number of halogens is 1. The van der Waals surface area contributed by atoms with Crippen LogP contribution >= 0.6 is 11.5 Å². The van der Waals surface area contributed by atoms with Gasteiger partial charge in [0.2, 0.25) is 5.91 Å². The van der Waals surface area contributed by atoms with Gasteiger partial charge < -0.3 is 15.8 Å². The molecule has 2 amide bonds. The lowest BCUT2D eigenvalue weighted by molar-refractivity contribution is -0.123. The monoisotopic (exact) mass is 572 g/mol. The Hall–Kier alpha value is -4.24. The quantitative estimate of drug-likeness (QED) is 0.248. The van der Waals surface area contributed by atoms with Crippen molar-refractivity contribution < 1.29 is 18.7 Å². The molecule has 5 rings (SSSR count). The van der Waals surface area contributed by atoms with Crippen molar-refractivity contribution >= 4 is 34.7 Å². The molecule has 0 spiro atoms. The van der Waals surface area contributed by atoms with E-state index in [1.807, 2.05) is 44.2 Å². The van der Waals surface area contributed by atoms with Gasteiger partial charge in [-0.1, -0.05) is 37.1 Å². The standard InChI is InChI=1S/C32H33FN4O3S/c1-19-7-6-10-26(20(19)2)37(32(39)30-27(34)28(36-41-30)21-11-15-23(33)16-12-21)29(22-13-17-25(40-3)18-14-22)31(38)35-24-8-4-5-9-24/h6-7,10-18,24,29H,4-5,8-9,34H2,1-3H3,(H,35,38)/t29-/m1/s1. The molecular formula is C32H33FN4O3S. The molecule has 0 saturated heterocycles. The van der Waals surface area contributed by atoms with Crippen molar-refractivity contribution in [3.63, 3.8) is 0 Å². The van der Waals surface area contributed by atoms with Crippen molar-refractivity contribution in [1.82, 2.24) is 9.69 Å². The Morgan fingerprint density at radius 3 is 2.39 bits per heavy atom. The summed E-state index contributed by atoms with van der Waals surface area (Å²) in [6.45, 7) is 3.90. The molecule has 1 fully saturated rings. The SMILES string of the molecule is COc1ccc([C@H](C(=O)NC2CCCC2)N(C(=O)c2snc(-c3ccc(F)cc3)c2N)c2cccc(C)c2C)cc1. The number of benzene rings is 3. The van der Waals surface area contributed by atoms with E-state index in [9.17, 15) is 14.0 Å². The number of rotatable bonds is 8. The zero-order chi connectivity index (χ0) is 29.1. The molecule has 0 unspecified atom stereocenters. The van der Waals surface area contributed by atoms with E-state index in [1.54, 1.807) is 31.4 Å². The first-order valence-electron chi connectivity index (χ1n) is 13.6. The second kappa shape index (κ2) is 12.1. The number of hydrogen-bond acceptors (Lipinski definition) is 6. The van der Waals surface area contributed by atoms with Crippen LogP contribution in [0.25, 0.3) is 11.3 Å². The largest absolute Gasteiger partial charge is 0.497 e. The predicted octanol–water partition coefficient (Wildman–Crippen LogP) is 6.60. The zero-order valence-electron chi connectivity index (χ0n) is 23.3. The molecule has 4 aromatic rings. The predicted molar refractivity (Wildman–Crippen MR) is 161 cm³/mol. The van der Waals surface area contributed by atoms with Crippen LogP contribution < -0.4 is 20.7 Å². The van der Waals surface area contributed by atoms with E-state index < -0.39 is 11.9 Å². The lowest BCUT2D eigenvalue weighted by atomic mass is 9.99. The maximum atomic E-state index is 14.6. The number of nitrogens with zero attached hydrogens (tertiary/aromatic N) is 2. The average Bonchev–Trinajstić information content (AvgIpc) is 3.63. The molecule has 0 aliphatic heterocycles. The number of amides is 2. The minimum absolute atomic E-state index is 0.0531. The van der Waals surface area contributed by atoms with Gasteiger partial charge in [0.05, 0.1) is 12.8 Å². The molecule has 1 saturated carbocycles. The fourth-order valence-corrected chi connectivity index (χ4v) is 6.05.